The number of rotatable bonds is 7. The van der Waals surface area contributed by atoms with Gasteiger partial charge < -0.3 is 10.1 Å². The molecule has 0 aliphatic carbocycles. The Hall–Kier alpha value is -2.29. The van der Waals surface area contributed by atoms with Crippen LogP contribution in [0.5, 0.6) is 5.75 Å². The van der Waals surface area contributed by atoms with Gasteiger partial charge in [-0.05, 0) is 61.1 Å². The fourth-order valence-electron chi connectivity index (χ4n) is 2.74. The molecule has 2 aromatic carbocycles. The molecule has 0 fully saturated rings. The standard InChI is InChI=1S/C21H27NO2/c1-5-20(18-9-11-19(24-4)12-10-18)22-21(23)13-8-17-7-6-15(2)16(3)14-17/h6-7,9-12,14,20H,5,8,13H2,1-4H3,(H,22,23)/t20-/m0/s1. The third-order valence-corrected chi connectivity index (χ3v) is 4.47. The first-order chi connectivity index (χ1) is 11.5. The number of aryl methyl sites for hydroxylation is 3. The monoisotopic (exact) mass is 325 g/mol. The van der Waals surface area contributed by atoms with Gasteiger partial charge in [0.05, 0.1) is 13.2 Å². The normalized spacial score (nSPS) is 11.8. The Morgan fingerprint density at radius 3 is 2.38 bits per heavy atom. The third kappa shape index (κ3) is 4.85. The van der Waals surface area contributed by atoms with E-state index in [1.807, 2.05) is 24.3 Å². The second-order valence-electron chi connectivity index (χ2n) is 6.22. The summed E-state index contributed by atoms with van der Waals surface area (Å²) in [6.07, 6.45) is 2.14. The number of methoxy groups -OCH3 is 1. The Morgan fingerprint density at radius 2 is 1.79 bits per heavy atom. The summed E-state index contributed by atoms with van der Waals surface area (Å²) in [6.45, 7) is 6.29. The molecule has 0 spiro atoms. The van der Waals surface area contributed by atoms with Crippen LogP contribution in [-0.4, -0.2) is 13.0 Å². The van der Waals surface area contributed by atoms with Crippen molar-refractivity contribution in [2.45, 2.75) is 46.1 Å². The van der Waals surface area contributed by atoms with Gasteiger partial charge in [0.25, 0.3) is 0 Å². The number of benzene rings is 2. The zero-order chi connectivity index (χ0) is 17.5. The molecule has 2 aromatic rings. The van der Waals surface area contributed by atoms with Crippen LogP contribution in [-0.2, 0) is 11.2 Å². The van der Waals surface area contributed by atoms with E-state index in [4.69, 9.17) is 4.74 Å². The lowest BCUT2D eigenvalue weighted by atomic mass is 10.0. The minimum Gasteiger partial charge on any atom is -0.497 e. The van der Waals surface area contributed by atoms with Crippen LogP contribution in [0.25, 0.3) is 0 Å². The van der Waals surface area contributed by atoms with E-state index in [0.29, 0.717) is 6.42 Å². The lowest BCUT2D eigenvalue weighted by Gasteiger charge is -2.18. The largest absolute Gasteiger partial charge is 0.497 e. The third-order valence-electron chi connectivity index (χ3n) is 4.47. The zero-order valence-electron chi connectivity index (χ0n) is 15.1. The van der Waals surface area contributed by atoms with E-state index in [1.54, 1.807) is 7.11 Å². The molecule has 0 bridgehead atoms. The van der Waals surface area contributed by atoms with Gasteiger partial charge in [0.2, 0.25) is 5.91 Å². The average molecular weight is 325 g/mol. The summed E-state index contributed by atoms with van der Waals surface area (Å²) >= 11 is 0. The van der Waals surface area contributed by atoms with Gasteiger partial charge in [-0.25, -0.2) is 0 Å². The molecule has 24 heavy (non-hydrogen) atoms. The van der Waals surface area contributed by atoms with Crippen LogP contribution >= 0.6 is 0 Å². The smallest absolute Gasteiger partial charge is 0.220 e. The number of hydrogen-bond acceptors (Lipinski definition) is 2. The molecule has 0 radical (unpaired) electrons. The van der Waals surface area contributed by atoms with Gasteiger partial charge in [-0.2, -0.15) is 0 Å². The first-order valence-electron chi connectivity index (χ1n) is 8.53. The summed E-state index contributed by atoms with van der Waals surface area (Å²) in [6, 6.07) is 14.3. The van der Waals surface area contributed by atoms with Crippen LogP contribution in [0.4, 0.5) is 0 Å². The van der Waals surface area contributed by atoms with Crippen molar-refractivity contribution >= 4 is 5.91 Å². The maximum atomic E-state index is 12.3. The second kappa shape index (κ2) is 8.53. The molecule has 0 aromatic heterocycles. The van der Waals surface area contributed by atoms with Gasteiger partial charge in [-0.3, -0.25) is 4.79 Å². The molecule has 0 aliphatic rings. The molecule has 3 heteroatoms. The highest BCUT2D eigenvalue weighted by Crippen LogP contribution is 2.20. The van der Waals surface area contributed by atoms with E-state index in [-0.39, 0.29) is 11.9 Å². The quantitative estimate of drug-likeness (QED) is 0.813. The summed E-state index contributed by atoms with van der Waals surface area (Å²) in [5, 5.41) is 3.14. The molecule has 1 amide bonds. The van der Waals surface area contributed by atoms with Gasteiger partial charge in [-0.15, -0.1) is 0 Å². The number of nitrogens with one attached hydrogen (secondary N) is 1. The highest BCUT2D eigenvalue weighted by Gasteiger charge is 2.13. The van der Waals surface area contributed by atoms with Crippen LogP contribution in [0.3, 0.4) is 0 Å². The first-order valence-corrected chi connectivity index (χ1v) is 8.53. The second-order valence-corrected chi connectivity index (χ2v) is 6.22. The highest BCUT2D eigenvalue weighted by molar-refractivity contribution is 5.76. The predicted molar refractivity (Wildman–Crippen MR) is 98.4 cm³/mol. The van der Waals surface area contributed by atoms with Gasteiger partial charge in [-0.1, -0.05) is 37.3 Å². The van der Waals surface area contributed by atoms with Crippen molar-refractivity contribution in [2.75, 3.05) is 7.11 Å². The Kier molecular flexibility index (Phi) is 6.42. The van der Waals surface area contributed by atoms with Crippen molar-refractivity contribution in [3.63, 3.8) is 0 Å². The Morgan fingerprint density at radius 1 is 1.08 bits per heavy atom. The van der Waals surface area contributed by atoms with E-state index in [1.165, 1.54) is 16.7 Å². The van der Waals surface area contributed by atoms with Crippen LogP contribution in [0.2, 0.25) is 0 Å². The minimum absolute atomic E-state index is 0.0446. The lowest BCUT2D eigenvalue weighted by molar-refractivity contribution is -0.121. The van der Waals surface area contributed by atoms with E-state index in [0.717, 1.165) is 24.2 Å². The zero-order valence-corrected chi connectivity index (χ0v) is 15.1. The van der Waals surface area contributed by atoms with Crippen LogP contribution in [0.15, 0.2) is 42.5 Å². The first kappa shape index (κ1) is 18.1. The average Bonchev–Trinajstić information content (AvgIpc) is 2.61. The Bertz CT molecular complexity index is 677. The SMILES string of the molecule is CC[C@H](NC(=O)CCc1ccc(C)c(C)c1)c1ccc(OC)cc1. The molecule has 1 atom stereocenters. The van der Waals surface area contributed by atoms with Crippen molar-refractivity contribution in [3.05, 3.63) is 64.7 Å². The number of amides is 1. The molecule has 0 heterocycles. The summed E-state index contributed by atoms with van der Waals surface area (Å²) in [5.41, 5.74) is 4.88. The molecule has 3 nitrogen and oxygen atoms in total. The van der Waals surface area contributed by atoms with Crippen molar-refractivity contribution in [3.8, 4) is 5.75 Å². The molecular formula is C21H27NO2. The molecular weight excluding hydrogens is 298 g/mol. The van der Waals surface area contributed by atoms with Gasteiger partial charge in [0.1, 0.15) is 5.75 Å². The van der Waals surface area contributed by atoms with Crippen molar-refractivity contribution in [1.82, 2.24) is 5.32 Å². The van der Waals surface area contributed by atoms with Crippen LogP contribution in [0.1, 0.15) is 48.1 Å². The molecule has 2 rings (SSSR count). The Balaban J connectivity index is 1.92. The fraction of sp³-hybridized carbons (Fsp3) is 0.381. The number of carbonyl (C=O) groups is 1. The predicted octanol–water partition coefficient (Wildman–Crippen LogP) is 4.51. The number of hydrogen-bond donors (Lipinski definition) is 1. The Labute approximate surface area is 145 Å². The summed E-state index contributed by atoms with van der Waals surface area (Å²) in [7, 11) is 1.65. The lowest BCUT2D eigenvalue weighted by Crippen LogP contribution is -2.28. The highest BCUT2D eigenvalue weighted by atomic mass is 16.5. The van der Waals surface area contributed by atoms with Crippen molar-refractivity contribution in [2.24, 2.45) is 0 Å². The van der Waals surface area contributed by atoms with Gasteiger partial charge >= 0.3 is 0 Å². The minimum atomic E-state index is 0.0446. The van der Waals surface area contributed by atoms with E-state index < -0.39 is 0 Å². The van der Waals surface area contributed by atoms with E-state index >= 15 is 0 Å². The maximum absolute atomic E-state index is 12.3. The van der Waals surface area contributed by atoms with Crippen molar-refractivity contribution < 1.29 is 9.53 Å². The maximum Gasteiger partial charge on any atom is 0.220 e. The molecule has 128 valence electrons. The fourth-order valence-corrected chi connectivity index (χ4v) is 2.74. The number of ether oxygens (including phenoxy) is 1. The van der Waals surface area contributed by atoms with E-state index in [2.05, 4.69) is 44.3 Å². The summed E-state index contributed by atoms with van der Waals surface area (Å²) < 4.78 is 5.18. The van der Waals surface area contributed by atoms with Crippen LogP contribution < -0.4 is 10.1 Å². The van der Waals surface area contributed by atoms with Gasteiger partial charge in [0, 0.05) is 6.42 Å². The summed E-state index contributed by atoms with van der Waals surface area (Å²) in [5.74, 6) is 0.922. The van der Waals surface area contributed by atoms with Gasteiger partial charge in [0.15, 0.2) is 0 Å². The van der Waals surface area contributed by atoms with Crippen molar-refractivity contribution in [1.29, 1.82) is 0 Å². The van der Waals surface area contributed by atoms with Crippen LogP contribution in [0, 0.1) is 13.8 Å². The molecule has 0 unspecified atom stereocenters. The number of carbonyl (C=O) groups excluding carboxylic acids is 1. The molecule has 0 aliphatic heterocycles. The molecule has 0 saturated heterocycles. The molecule has 0 saturated carbocycles. The van der Waals surface area contributed by atoms with E-state index in [9.17, 15) is 4.79 Å². The summed E-state index contributed by atoms with van der Waals surface area (Å²) in [4.78, 5) is 12.3. The topological polar surface area (TPSA) is 38.3 Å². The molecule has 1 N–H and O–H groups in total.